The Balaban J connectivity index is 1.76. The highest BCUT2D eigenvalue weighted by molar-refractivity contribution is 9.10. The lowest BCUT2D eigenvalue weighted by Crippen LogP contribution is -2.48. The SMILES string of the molecule is CC(C)OCCCNC(=O)[C@@]1(Cc2ccccc2Br)COC(c2ccc(OCCCO)cc2)=N1. The number of aliphatic imine (C=N–C) groups is 1. The van der Waals surface area contributed by atoms with E-state index >= 15 is 0 Å². The highest BCUT2D eigenvalue weighted by Crippen LogP contribution is 2.30. The van der Waals surface area contributed by atoms with Gasteiger partial charge < -0.3 is 24.6 Å². The second kappa shape index (κ2) is 12.9. The molecule has 0 aromatic heterocycles. The van der Waals surface area contributed by atoms with Crippen molar-refractivity contribution < 1.29 is 24.1 Å². The van der Waals surface area contributed by atoms with Crippen LogP contribution in [0.4, 0.5) is 0 Å². The van der Waals surface area contributed by atoms with E-state index in [9.17, 15) is 4.79 Å². The molecule has 0 aliphatic carbocycles. The predicted octanol–water partition coefficient (Wildman–Crippen LogP) is 3.90. The summed E-state index contributed by atoms with van der Waals surface area (Å²) in [6.07, 6.45) is 1.88. The van der Waals surface area contributed by atoms with Crippen LogP contribution in [0.5, 0.6) is 5.75 Å². The molecule has 1 heterocycles. The maximum absolute atomic E-state index is 13.4. The number of nitrogens with one attached hydrogen (secondary N) is 1. The third kappa shape index (κ3) is 7.29. The molecular formula is C26H33BrN2O5. The van der Waals surface area contributed by atoms with Gasteiger partial charge in [0.15, 0.2) is 5.54 Å². The van der Waals surface area contributed by atoms with Crippen molar-refractivity contribution in [3.8, 4) is 5.75 Å². The number of benzene rings is 2. The molecule has 1 aliphatic heterocycles. The zero-order chi connectivity index (χ0) is 24.4. The Morgan fingerprint density at radius 2 is 1.94 bits per heavy atom. The van der Waals surface area contributed by atoms with Gasteiger partial charge in [-0.15, -0.1) is 0 Å². The number of aliphatic hydroxyl groups excluding tert-OH is 1. The molecule has 2 N–H and O–H groups in total. The lowest BCUT2D eigenvalue weighted by molar-refractivity contribution is -0.126. The number of hydrogen-bond acceptors (Lipinski definition) is 6. The van der Waals surface area contributed by atoms with Crippen LogP contribution in [0, 0.1) is 0 Å². The van der Waals surface area contributed by atoms with Gasteiger partial charge in [-0.25, -0.2) is 4.99 Å². The van der Waals surface area contributed by atoms with E-state index in [1.807, 2.05) is 62.4 Å². The third-order valence-corrected chi connectivity index (χ3v) is 6.13. The second-order valence-electron chi connectivity index (χ2n) is 8.48. The molecule has 0 saturated carbocycles. The summed E-state index contributed by atoms with van der Waals surface area (Å²) in [5.74, 6) is 0.982. The summed E-state index contributed by atoms with van der Waals surface area (Å²) in [6.45, 7) is 5.78. The maximum atomic E-state index is 13.4. The van der Waals surface area contributed by atoms with Crippen LogP contribution >= 0.6 is 15.9 Å². The molecule has 2 aromatic carbocycles. The lowest BCUT2D eigenvalue weighted by atomic mass is 9.91. The van der Waals surface area contributed by atoms with Crippen LogP contribution in [0.15, 0.2) is 58.0 Å². The van der Waals surface area contributed by atoms with Gasteiger partial charge in [-0.3, -0.25) is 4.79 Å². The van der Waals surface area contributed by atoms with Crippen molar-refractivity contribution in [3.05, 3.63) is 64.1 Å². The summed E-state index contributed by atoms with van der Waals surface area (Å²) in [5, 5.41) is 11.9. The Hall–Kier alpha value is -2.42. The molecule has 1 atom stereocenters. The quantitative estimate of drug-likeness (QED) is 0.382. The van der Waals surface area contributed by atoms with Gasteiger partial charge in [-0.05, 0) is 56.2 Å². The van der Waals surface area contributed by atoms with Crippen LogP contribution in [0.2, 0.25) is 0 Å². The molecular weight excluding hydrogens is 500 g/mol. The topological polar surface area (TPSA) is 89.4 Å². The standard InChI is InChI=1S/C26H33BrN2O5/c1-19(2)32-15-5-13-28-25(31)26(17-21-7-3-4-8-23(21)27)18-34-24(29-26)20-9-11-22(12-10-20)33-16-6-14-30/h3-4,7-12,19,30H,5-6,13-18H2,1-2H3,(H,28,31)/t26-/m1/s1. The predicted molar refractivity (Wildman–Crippen MR) is 135 cm³/mol. The molecule has 0 saturated heterocycles. The Morgan fingerprint density at radius 1 is 1.18 bits per heavy atom. The van der Waals surface area contributed by atoms with Gasteiger partial charge in [0.2, 0.25) is 5.90 Å². The summed E-state index contributed by atoms with van der Waals surface area (Å²) < 4.78 is 18.1. The molecule has 0 bridgehead atoms. The molecule has 1 amide bonds. The minimum absolute atomic E-state index is 0.0924. The molecule has 34 heavy (non-hydrogen) atoms. The third-order valence-electron chi connectivity index (χ3n) is 5.36. The molecule has 8 heteroatoms. The lowest BCUT2D eigenvalue weighted by Gasteiger charge is -2.24. The zero-order valence-electron chi connectivity index (χ0n) is 19.8. The first-order valence-corrected chi connectivity index (χ1v) is 12.4. The number of amides is 1. The highest BCUT2D eigenvalue weighted by Gasteiger charge is 2.44. The van der Waals surface area contributed by atoms with Gasteiger partial charge in [0.1, 0.15) is 12.4 Å². The average molecular weight is 533 g/mol. The van der Waals surface area contributed by atoms with Gasteiger partial charge in [0.05, 0.1) is 12.7 Å². The van der Waals surface area contributed by atoms with E-state index in [-0.39, 0.29) is 25.2 Å². The minimum Gasteiger partial charge on any atom is -0.494 e. The van der Waals surface area contributed by atoms with Crippen molar-refractivity contribution in [2.45, 2.75) is 44.8 Å². The average Bonchev–Trinajstić information content (AvgIpc) is 3.26. The van der Waals surface area contributed by atoms with Crippen LogP contribution in [-0.2, 0) is 20.7 Å². The first-order chi connectivity index (χ1) is 16.4. The molecule has 1 aliphatic rings. The normalized spacial score (nSPS) is 17.4. The van der Waals surface area contributed by atoms with Gasteiger partial charge in [-0.2, -0.15) is 0 Å². The van der Waals surface area contributed by atoms with Gasteiger partial charge in [-0.1, -0.05) is 34.1 Å². The number of carbonyl (C=O) groups excluding carboxylic acids is 1. The van der Waals surface area contributed by atoms with E-state index < -0.39 is 5.54 Å². The molecule has 2 aromatic rings. The largest absolute Gasteiger partial charge is 0.494 e. The van der Waals surface area contributed by atoms with Crippen molar-refractivity contribution in [3.63, 3.8) is 0 Å². The zero-order valence-corrected chi connectivity index (χ0v) is 21.3. The fraction of sp³-hybridized carbons (Fsp3) is 0.462. The Labute approximate surface area is 209 Å². The summed E-state index contributed by atoms with van der Waals surface area (Å²) in [4.78, 5) is 18.2. The Kier molecular flexibility index (Phi) is 9.92. The van der Waals surface area contributed by atoms with Gasteiger partial charge >= 0.3 is 0 Å². The number of hydrogen-bond donors (Lipinski definition) is 2. The van der Waals surface area contributed by atoms with Gasteiger partial charge in [0, 0.05) is 42.6 Å². The molecule has 0 fully saturated rings. The number of ether oxygens (including phenoxy) is 3. The monoisotopic (exact) mass is 532 g/mol. The van der Waals surface area contributed by atoms with E-state index in [2.05, 4.69) is 21.2 Å². The van der Waals surface area contributed by atoms with E-state index in [1.54, 1.807) is 0 Å². The van der Waals surface area contributed by atoms with Crippen LogP contribution in [0.25, 0.3) is 0 Å². The molecule has 0 spiro atoms. The fourth-order valence-electron chi connectivity index (χ4n) is 3.54. The van der Waals surface area contributed by atoms with Crippen LogP contribution < -0.4 is 10.1 Å². The summed E-state index contributed by atoms with van der Waals surface area (Å²) >= 11 is 3.59. The highest BCUT2D eigenvalue weighted by atomic mass is 79.9. The number of aliphatic hydroxyl groups is 1. The van der Waals surface area contributed by atoms with Crippen molar-refractivity contribution >= 4 is 27.7 Å². The van der Waals surface area contributed by atoms with Crippen LogP contribution in [0.1, 0.15) is 37.8 Å². The van der Waals surface area contributed by atoms with E-state index in [0.717, 1.165) is 22.0 Å². The number of carbonyl (C=O) groups is 1. The van der Waals surface area contributed by atoms with E-state index in [0.29, 0.717) is 44.2 Å². The van der Waals surface area contributed by atoms with E-state index in [4.69, 9.17) is 24.3 Å². The second-order valence-corrected chi connectivity index (χ2v) is 9.34. The summed E-state index contributed by atoms with van der Waals surface area (Å²) in [5.41, 5.74) is 0.706. The molecule has 184 valence electrons. The van der Waals surface area contributed by atoms with Crippen LogP contribution in [0.3, 0.4) is 0 Å². The van der Waals surface area contributed by atoms with Crippen LogP contribution in [-0.4, -0.2) is 61.5 Å². The van der Waals surface area contributed by atoms with E-state index in [1.165, 1.54) is 0 Å². The first kappa shape index (κ1) is 26.2. The first-order valence-electron chi connectivity index (χ1n) is 11.6. The minimum atomic E-state index is -1.06. The number of nitrogens with zero attached hydrogens (tertiary/aromatic N) is 1. The molecule has 0 radical (unpaired) electrons. The Morgan fingerprint density at radius 3 is 2.65 bits per heavy atom. The maximum Gasteiger partial charge on any atom is 0.251 e. The number of rotatable bonds is 13. The van der Waals surface area contributed by atoms with Crippen molar-refractivity contribution in [2.75, 3.05) is 33.0 Å². The molecule has 0 unspecified atom stereocenters. The summed E-state index contributed by atoms with van der Waals surface area (Å²) in [7, 11) is 0. The fourth-order valence-corrected chi connectivity index (χ4v) is 3.97. The van der Waals surface area contributed by atoms with Crippen molar-refractivity contribution in [1.82, 2.24) is 5.32 Å². The molecule has 3 rings (SSSR count). The van der Waals surface area contributed by atoms with Crippen molar-refractivity contribution in [1.29, 1.82) is 0 Å². The molecule has 7 nitrogen and oxygen atoms in total. The summed E-state index contributed by atoms with van der Waals surface area (Å²) in [6, 6.07) is 15.2. The van der Waals surface area contributed by atoms with Gasteiger partial charge in [0.25, 0.3) is 5.91 Å². The van der Waals surface area contributed by atoms with Crippen molar-refractivity contribution in [2.24, 2.45) is 4.99 Å². The Bertz CT molecular complexity index is 964. The number of halogens is 1. The smallest absolute Gasteiger partial charge is 0.251 e.